The zero-order chi connectivity index (χ0) is 10.6. The highest BCUT2D eigenvalue weighted by Gasteiger charge is 2.54. The molecule has 3 atom stereocenters. The highest BCUT2D eigenvalue weighted by Crippen LogP contribution is 2.62. The molecule has 0 aromatic carbocycles. The van der Waals surface area contributed by atoms with Crippen molar-refractivity contribution >= 4 is 18.5 Å². The van der Waals surface area contributed by atoms with Crippen molar-refractivity contribution in [2.45, 2.75) is 52.2 Å². The van der Waals surface area contributed by atoms with Gasteiger partial charge in [-0.25, -0.2) is 0 Å². The highest BCUT2D eigenvalue weighted by atomic mass is 35.6. The molecule has 0 spiro atoms. The van der Waals surface area contributed by atoms with Crippen LogP contribution in [-0.4, -0.2) is 7.38 Å². The number of rotatable bonds is 2. The summed E-state index contributed by atoms with van der Waals surface area (Å²) in [6, 6.07) is 1.34. The SMILES string of the molecule is CC1(C)[C@@H]2CC[C@H](C[Si](C)(C)Cl)[C@H]1C2. The van der Waals surface area contributed by atoms with Crippen molar-refractivity contribution in [3.63, 3.8) is 0 Å². The van der Waals surface area contributed by atoms with Gasteiger partial charge in [0, 0.05) is 0 Å². The van der Waals surface area contributed by atoms with E-state index < -0.39 is 7.38 Å². The van der Waals surface area contributed by atoms with Crippen LogP contribution in [0, 0.1) is 23.2 Å². The van der Waals surface area contributed by atoms with E-state index in [9.17, 15) is 0 Å². The Bertz CT molecular complexity index is 227. The minimum absolute atomic E-state index is 0.638. The topological polar surface area (TPSA) is 0 Å². The average Bonchev–Trinajstić information content (AvgIpc) is 2.00. The van der Waals surface area contributed by atoms with Crippen molar-refractivity contribution in [2.24, 2.45) is 23.2 Å². The van der Waals surface area contributed by atoms with Crippen molar-refractivity contribution in [1.29, 1.82) is 0 Å². The molecule has 3 rings (SSSR count). The van der Waals surface area contributed by atoms with Crippen LogP contribution in [0.4, 0.5) is 0 Å². The summed E-state index contributed by atoms with van der Waals surface area (Å²) < 4.78 is 0. The molecule has 0 amide bonds. The number of hydrogen-bond donors (Lipinski definition) is 0. The molecule has 82 valence electrons. The van der Waals surface area contributed by atoms with Crippen LogP contribution in [-0.2, 0) is 0 Å². The zero-order valence-corrected chi connectivity index (χ0v) is 11.7. The monoisotopic (exact) mass is 230 g/mol. The molecule has 2 bridgehead atoms. The molecular weight excluding hydrogens is 208 g/mol. The van der Waals surface area contributed by atoms with E-state index in [0.717, 1.165) is 17.8 Å². The molecule has 3 saturated carbocycles. The van der Waals surface area contributed by atoms with Crippen molar-refractivity contribution in [3.8, 4) is 0 Å². The second-order valence-electron chi connectivity index (χ2n) is 6.62. The maximum absolute atomic E-state index is 6.48. The molecule has 0 saturated heterocycles. The van der Waals surface area contributed by atoms with E-state index in [0.29, 0.717) is 5.41 Å². The summed E-state index contributed by atoms with van der Waals surface area (Å²) in [4.78, 5) is 0. The van der Waals surface area contributed by atoms with Crippen LogP contribution in [0.25, 0.3) is 0 Å². The summed E-state index contributed by atoms with van der Waals surface area (Å²) in [7, 11) is -1.35. The Morgan fingerprint density at radius 3 is 2.36 bits per heavy atom. The fourth-order valence-corrected chi connectivity index (χ4v) is 6.16. The molecule has 3 aliphatic carbocycles. The molecule has 0 unspecified atom stereocenters. The van der Waals surface area contributed by atoms with Gasteiger partial charge in [0.05, 0.1) is 0 Å². The van der Waals surface area contributed by atoms with Crippen molar-refractivity contribution in [1.82, 2.24) is 0 Å². The third-order valence-electron chi connectivity index (χ3n) is 4.75. The lowest BCUT2D eigenvalue weighted by atomic mass is 9.46. The summed E-state index contributed by atoms with van der Waals surface area (Å²) in [6.07, 6.45) is 4.43. The molecule has 0 heterocycles. The Labute approximate surface area is 94.1 Å². The van der Waals surface area contributed by atoms with Crippen LogP contribution in [0.3, 0.4) is 0 Å². The van der Waals surface area contributed by atoms with E-state index in [1.807, 2.05) is 0 Å². The van der Waals surface area contributed by atoms with Gasteiger partial charge < -0.3 is 0 Å². The number of hydrogen-bond acceptors (Lipinski definition) is 0. The molecule has 2 heteroatoms. The largest absolute Gasteiger partial charge is 0.168 e. The van der Waals surface area contributed by atoms with Crippen molar-refractivity contribution in [2.75, 3.05) is 0 Å². The van der Waals surface area contributed by atoms with E-state index in [2.05, 4.69) is 26.9 Å². The maximum atomic E-state index is 6.48. The van der Waals surface area contributed by atoms with Gasteiger partial charge in [-0.3, -0.25) is 0 Å². The second kappa shape index (κ2) is 3.25. The molecule has 0 nitrogen and oxygen atoms in total. The number of fused-ring (bicyclic) bond motifs is 2. The Morgan fingerprint density at radius 2 is 1.93 bits per heavy atom. The molecule has 0 aromatic rings. The quantitative estimate of drug-likeness (QED) is 0.484. The molecule has 3 fully saturated rings. The van der Waals surface area contributed by atoms with Crippen LogP contribution < -0.4 is 0 Å². The first kappa shape index (κ1) is 11.0. The van der Waals surface area contributed by atoms with Gasteiger partial charge in [-0.15, -0.1) is 0 Å². The average molecular weight is 231 g/mol. The first-order valence-electron chi connectivity index (χ1n) is 5.99. The molecule has 0 radical (unpaired) electrons. The maximum Gasteiger partial charge on any atom is 0.150 e. The molecule has 0 aliphatic heterocycles. The second-order valence-corrected chi connectivity index (χ2v) is 13.5. The Kier molecular flexibility index (Phi) is 2.55. The molecule has 14 heavy (non-hydrogen) atoms. The first-order chi connectivity index (χ1) is 6.31. The Morgan fingerprint density at radius 1 is 1.29 bits per heavy atom. The van der Waals surface area contributed by atoms with Crippen LogP contribution in [0.5, 0.6) is 0 Å². The predicted molar refractivity (Wildman–Crippen MR) is 66.2 cm³/mol. The standard InChI is InChI=1S/C12H23ClSi/c1-12(2)10-6-5-9(11(12)7-10)8-14(3,4)13/h9-11H,5-8H2,1-4H3/t9-,10-,11-/m1/s1. The zero-order valence-electron chi connectivity index (χ0n) is 9.94. The molecular formula is C12H23ClSi. The van der Waals surface area contributed by atoms with E-state index >= 15 is 0 Å². The summed E-state index contributed by atoms with van der Waals surface area (Å²) in [5.41, 5.74) is 0.638. The van der Waals surface area contributed by atoms with E-state index in [1.54, 1.807) is 0 Å². The van der Waals surface area contributed by atoms with E-state index in [1.165, 1.54) is 25.3 Å². The van der Waals surface area contributed by atoms with Crippen LogP contribution in [0.15, 0.2) is 0 Å². The lowest BCUT2D eigenvalue weighted by Gasteiger charge is -2.60. The minimum atomic E-state index is -1.35. The summed E-state index contributed by atoms with van der Waals surface area (Å²) >= 11 is 6.48. The first-order valence-corrected chi connectivity index (χ1v) is 10.2. The third kappa shape index (κ3) is 1.78. The van der Waals surface area contributed by atoms with Crippen molar-refractivity contribution in [3.05, 3.63) is 0 Å². The summed E-state index contributed by atoms with van der Waals surface area (Å²) in [6.45, 7) is 9.54. The smallest absolute Gasteiger partial charge is 0.150 e. The molecule has 0 N–H and O–H groups in total. The third-order valence-corrected chi connectivity index (χ3v) is 6.71. The predicted octanol–water partition coefficient (Wildman–Crippen LogP) is 4.50. The normalized spacial score (nSPS) is 40.5. The summed E-state index contributed by atoms with van der Waals surface area (Å²) in [5.74, 6) is 2.98. The highest BCUT2D eigenvalue weighted by molar-refractivity contribution is 7.19. The van der Waals surface area contributed by atoms with Gasteiger partial charge in [-0.05, 0) is 42.1 Å². The van der Waals surface area contributed by atoms with E-state index in [4.69, 9.17) is 11.1 Å². The summed E-state index contributed by atoms with van der Waals surface area (Å²) in [5, 5.41) is 0. The van der Waals surface area contributed by atoms with E-state index in [-0.39, 0.29) is 0 Å². The van der Waals surface area contributed by atoms with Gasteiger partial charge in [-0.2, -0.15) is 11.1 Å². The fraction of sp³-hybridized carbons (Fsp3) is 1.00. The lowest BCUT2D eigenvalue weighted by Crippen LogP contribution is -2.53. The van der Waals surface area contributed by atoms with Crippen LogP contribution in [0.2, 0.25) is 19.1 Å². The minimum Gasteiger partial charge on any atom is -0.168 e. The van der Waals surface area contributed by atoms with Crippen LogP contribution >= 0.6 is 11.1 Å². The molecule has 0 aromatic heterocycles. The van der Waals surface area contributed by atoms with Crippen LogP contribution in [0.1, 0.15) is 33.1 Å². The van der Waals surface area contributed by atoms with Crippen molar-refractivity contribution < 1.29 is 0 Å². The van der Waals surface area contributed by atoms with Gasteiger partial charge in [0.2, 0.25) is 0 Å². The fourth-order valence-electron chi connectivity index (χ4n) is 3.83. The lowest BCUT2D eigenvalue weighted by molar-refractivity contribution is -0.0989. The molecule has 3 aliphatic rings. The van der Waals surface area contributed by atoms with Gasteiger partial charge in [-0.1, -0.05) is 33.4 Å². The number of halogens is 1. The Hall–Kier alpha value is 0.507. The van der Waals surface area contributed by atoms with Gasteiger partial charge in [0.15, 0.2) is 7.38 Å². The Balaban J connectivity index is 2.01. The van der Waals surface area contributed by atoms with Gasteiger partial charge >= 0.3 is 0 Å². The van der Waals surface area contributed by atoms with Gasteiger partial charge in [0.1, 0.15) is 0 Å². The van der Waals surface area contributed by atoms with Gasteiger partial charge in [0.25, 0.3) is 0 Å².